The van der Waals surface area contributed by atoms with Crippen molar-refractivity contribution in [1.29, 1.82) is 0 Å². The third-order valence-electron chi connectivity index (χ3n) is 13.6. The minimum atomic E-state index is 0.372. The molecule has 0 spiro atoms. The molecule has 0 aliphatic heterocycles. The Morgan fingerprint density at radius 2 is 0.364 bits per heavy atom. The molecule has 0 aliphatic carbocycles. The molecule has 55 heavy (non-hydrogen) atoms. The quantitative estimate of drug-likeness (QED) is 0.0611. The molecule has 0 radical (unpaired) electrons. The fraction of sp³-hybridized carbons (Fsp3) is 1.00. The maximum atomic E-state index is 8.85. The van der Waals surface area contributed by atoms with E-state index < -0.39 is 0 Å². The molecule has 0 saturated heterocycles. The van der Waals surface area contributed by atoms with Crippen molar-refractivity contribution in [3.63, 3.8) is 0 Å². The van der Waals surface area contributed by atoms with Crippen molar-refractivity contribution in [1.82, 2.24) is 0 Å². The summed E-state index contributed by atoms with van der Waals surface area (Å²) >= 11 is 0. The van der Waals surface area contributed by atoms with Crippen LogP contribution >= 0.6 is 0 Å². The lowest BCUT2D eigenvalue weighted by Gasteiger charge is -2.13. The molecule has 0 aromatic rings. The van der Waals surface area contributed by atoms with E-state index in [4.69, 9.17) is 5.11 Å². The normalized spacial score (nSPS) is 14.1. The monoisotopic (exact) mass is 775 g/mol. The molecule has 4 unspecified atom stereocenters. The summed E-state index contributed by atoms with van der Waals surface area (Å²) in [6.45, 7) is 12.7. The first kappa shape index (κ1) is 55.0. The highest BCUT2D eigenvalue weighted by molar-refractivity contribution is 4.61. The molecular weight excluding hydrogens is 665 g/mol. The van der Waals surface area contributed by atoms with Crippen LogP contribution < -0.4 is 0 Å². The van der Waals surface area contributed by atoms with Gasteiger partial charge in [0.25, 0.3) is 0 Å². The molecule has 0 saturated carbocycles. The minimum Gasteiger partial charge on any atom is -0.396 e. The summed E-state index contributed by atoms with van der Waals surface area (Å²) in [5.74, 6) is 3.78. The first-order valence-electron chi connectivity index (χ1n) is 26.6. The van der Waals surface area contributed by atoms with Crippen LogP contribution in [-0.2, 0) is 0 Å². The van der Waals surface area contributed by atoms with Crippen LogP contribution in [0.3, 0.4) is 0 Å². The van der Waals surface area contributed by atoms with Gasteiger partial charge in [-0.05, 0) is 30.1 Å². The Morgan fingerprint density at radius 1 is 0.218 bits per heavy atom. The minimum absolute atomic E-state index is 0.372. The zero-order chi connectivity index (χ0) is 40.1. The predicted molar refractivity (Wildman–Crippen MR) is 253 cm³/mol. The first-order chi connectivity index (χ1) is 27.0. The van der Waals surface area contributed by atoms with Gasteiger partial charge < -0.3 is 5.11 Å². The Labute approximate surface area is 351 Å². The molecule has 0 aromatic heterocycles. The molecule has 0 amide bonds. The van der Waals surface area contributed by atoms with Crippen LogP contribution in [0.4, 0.5) is 0 Å². The second-order valence-electron chi connectivity index (χ2n) is 19.8. The highest BCUT2D eigenvalue weighted by Gasteiger charge is 2.07. The zero-order valence-electron chi connectivity index (χ0n) is 39.6. The molecule has 1 nitrogen and oxygen atoms in total. The van der Waals surface area contributed by atoms with Crippen molar-refractivity contribution in [3.8, 4) is 0 Å². The number of hydrogen-bond donors (Lipinski definition) is 1. The van der Waals surface area contributed by atoms with Gasteiger partial charge in [0, 0.05) is 6.61 Å². The maximum Gasteiger partial charge on any atom is 0.0431 e. The van der Waals surface area contributed by atoms with E-state index in [9.17, 15) is 0 Å². The molecule has 332 valence electrons. The summed E-state index contributed by atoms with van der Waals surface area (Å²) < 4.78 is 0. The highest BCUT2D eigenvalue weighted by atomic mass is 16.2. The van der Waals surface area contributed by atoms with Gasteiger partial charge >= 0.3 is 0 Å². The number of hydrogen-bond acceptors (Lipinski definition) is 1. The van der Waals surface area contributed by atoms with Crippen LogP contribution in [0.1, 0.15) is 317 Å². The molecule has 1 heteroatoms. The standard InChI is InChI=1S/C54H110O/c1-6-7-8-9-10-11-12-13-15-18-21-24-33-42-51(2)44-35-26-28-37-46-53(4)48-39-30-31-40-49-54(5)47-38-29-27-36-45-52(3)43-34-25-22-19-16-14-17-20-23-32-41-50-55/h51-55H,6-50H2,1-5H3. The van der Waals surface area contributed by atoms with E-state index in [0.29, 0.717) is 6.61 Å². The fourth-order valence-electron chi connectivity index (χ4n) is 9.30. The lowest BCUT2D eigenvalue weighted by atomic mass is 9.93. The van der Waals surface area contributed by atoms with E-state index in [2.05, 4.69) is 34.6 Å². The third-order valence-corrected chi connectivity index (χ3v) is 13.6. The maximum absolute atomic E-state index is 8.85. The molecule has 0 heterocycles. The summed E-state index contributed by atoms with van der Waals surface area (Å²) in [7, 11) is 0. The van der Waals surface area contributed by atoms with Crippen LogP contribution in [0, 0.1) is 23.7 Å². The molecule has 1 N–H and O–H groups in total. The molecule has 0 fully saturated rings. The number of rotatable bonds is 48. The second kappa shape index (κ2) is 46.6. The average molecular weight is 775 g/mol. The van der Waals surface area contributed by atoms with E-state index in [1.165, 1.54) is 276 Å². The van der Waals surface area contributed by atoms with Crippen molar-refractivity contribution in [2.75, 3.05) is 6.61 Å². The summed E-state index contributed by atoms with van der Waals surface area (Å²) in [6, 6.07) is 0. The average Bonchev–Trinajstić information content (AvgIpc) is 3.18. The summed E-state index contributed by atoms with van der Waals surface area (Å²) in [4.78, 5) is 0. The Kier molecular flexibility index (Phi) is 46.6. The Hall–Kier alpha value is -0.0400. The van der Waals surface area contributed by atoms with Crippen molar-refractivity contribution in [2.24, 2.45) is 23.7 Å². The van der Waals surface area contributed by atoms with Gasteiger partial charge in [0.05, 0.1) is 0 Å². The predicted octanol–water partition coefficient (Wildman–Crippen LogP) is 19.7. The van der Waals surface area contributed by atoms with E-state index in [-0.39, 0.29) is 0 Å². The summed E-state index contributed by atoms with van der Waals surface area (Å²) in [5.41, 5.74) is 0. The van der Waals surface area contributed by atoms with Crippen molar-refractivity contribution < 1.29 is 5.11 Å². The van der Waals surface area contributed by atoms with Crippen LogP contribution in [0.5, 0.6) is 0 Å². The fourth-order valence-corrected chi connectivity index (χ4v) is 9.30. The lowest BCUT2D eigenvalue weighted by Crippen LogP contribution is -1.98. The van der Waals surface area contributed by atoms with E-state index >= 15 is 0 Å². The Morgan fingerprint density at radius 3 is 0.527 bits per heavy atom. The van der Waals surface area contributed by atoms with Gasteiger partial charge in [-0.3, -0.25) is 0 Å². The summed E-state index contributed by atoms with van der Waals surface area (Å²) in [6.07, 6.45) is 63.5. The smallest absolute Gasteiger partial charge is 0.0431 e. The van der Waals surface area contributed by atoms with Crippen LogP contribution in [0.2, 0.25) is 0 Å². The van der Waals surface area contributed by atoms with Gasteiger partial charge in [0.15, 0.2) is 0 Å². The number of aliphatic hydroxyl groups is 1. The van der Waals surface area contributed by atoms with Gasteiger partial charge in [0.2, 0.25) is 0 Å². The third kappa shape index (κ3) is 46.5. The molecule has 0 aromatic carbocycles. The van der Waals surface area contributed by atoms with Gasteiger partial charge in [-0.1, -0.05) is 311 Å². The molecule has 0 rings (SSSR count). The number of unbranched alkanes of at least 4 members (excludes halogenated alkanes) is 31. The Balaban J connectivity index is 3.37. The van der Waals surface area contributed by atoms with Gasteiger partial charge in [-0.25, -0.2) is 0 Å². The van der Waals surface area contributed by atoms with Crippen molar-refractivity contribution in [2.45, 2.75) is 317 Å². The SMILES string of the molecule is CCCCCCCCCCCCCCCC(C)CCCCCCC(C)CCCCCCC(C)CCCCCCC(C)CCCCCCCCCCCCCO. The molecular formula is C54H110O. The van der Waals surface area contributed by atoms with Gasteiger partial charge in [-0.2, -0.15) is 0 Å². The lowest BCUT2D eigenvalue weighted by molar-refractivity contribution is 0.282. The van der Waals surface area contributed by atoms with Crippen LogP contribution in [-0.4, -0.2) is 11.7 Å². The van der Waals surface area contributed by atoms with E-state index in [1.807, 2.05) is 0 Å². The van der Waals surface area contributed by atoms with Crippen molar-refractivity contribution >= 4 is 0 Å². The van der Waals surface area contributed by atoms with Crippen molar-refractivity contribution in [3.05, 3.63) is 0 Å². The second-order valence-corrected chi connectivity index (χ2v) is 19.8. The Bertz CT molecular complexity index is 672. The highest BCUT2D eigenvalue weighted by Crippen LogP contribution is 2.24. The molecule has 0 bridgehead atoms. The van der Waals surface area contributed by atoms with Crippen LogP contribution in [0.25, 0.3) is 0 Å². The first-order valence-corrected chi connectivity index (χ1v) is 26.6. The van der Waals surface area contributed by atoms with Gasteiger partial charge in [0.1, 0.15) is 0 Å². The molecule has 0 aliphatic rings. The molecule has 4 atom stereocenters. The van der Waals surface area contributed by atoms with E-state index in [1.54, 1.807) is 0 Å². The van der Waals surface area contributed by atoms with E-state index in [0.717, 1.165) is 30.1 Å². The summed E-state index contributed by atoms with van der Waals surface area (Å²) in [5, 5.41) is 8.85. The topological polar surface area (TPSA) is 20.2 Å². The zero-order valence-corrected chi connectivity index (χ0v) is 39.6. The van der Waals surface area contributed by atoms with Crippen LogP contribution in [0.15, 0.2) is 0 Å². The largest absolute Gasteiger partial charge is 0.396 e. The number of aliphatic hydroxyl groups excluding tert-OH is 1. The van der Waals surface area contributed by atoms with Gasteiger partial charge in [-0.15, -0.1) is 0 Å².